The zero-order valence-electron chi connectivity index (χ0n) is 35.8. The van der Waals surface area contributed by atoms with Crippen LogP contribution in [0.5, 0.6) is 0 Å². The van der Waals surface area contributed by atoms with Gasteiger partial charge in [0.2, 0.25) is 0 Å². The quantitative estimate of drug-likeness (QED) is 0.0306. The third kappa shape index (κ3) is 23.7. The zero-order valence-corrected chi connectivity index (χ0v) is 35.7. The van der Waals surface area contributed by atoms with Crippen molar-refractivity contribution >= 4 is 19.8 Å². The molecule has 0 saturated heterocycles. The minimum absolute atomic E-state index is 0.0275. The number of carbonyl (C=O) groups excluding carboxylic acids is 2. The number of aryl methyl sites for hydroxylation is 1. The standard InChI is InChI=1S/C41H69F3N3O9P/c1-5-6-7-8-9-10-11-12-13-14-15-16-19-22-38(48)53-33-37(34-55-57(50,51)54-32-29-47(2,3)4)56-39(49)23-20-17-18-21-30-52-31-28-35-24-26-36(27-25-35)40(45-46-40)41(42,43)44/h24-27,37H,5-23,28-34H2,1-4H3/p+1/i31T. The Bertz CT molecular complexity index is 1380. The number of phosphoric ester groups is 1. The predicted octanol–water partition coefficient (Wildman–Crippen LogP) is 10.2. The molecule has 57 heavy (non-hydrogen) atoms. The molecule has 0 radical (unpaired) electrons. The number of hydrogen-bond acceptors (Lipinski definition) is 10. The van der Waals surface area contributed by atoms with Gasteiger partial charge in [-0.25, -0.2) is 4.57 Å². The van der Waals surface area contributed by atoms with Gasteiger partial charge in [0.1, 0.15) is 19.8 Å². The van der Waals surface area contributed by atoms with Crippen molar-refractivity contribution in [3.05, 3.63) is 35.4 Å². The maximum Gasteiger partial charge on any atom is 0.472 e. The van der Waals surface area contributed by atoms with Crippen LogP contribution in [0.4, 0.5) is 13.2 Å². The van der Waals surface area contributed by atoms with E-state index in [9.17, 15) is 32.2 Å². The van der Waals surface area contributed by atoms with E-state index < -0.39 is 50.9 Å². The van der Waals surface area contributed by atoms with Crippen molar-refractivity contribution in [1.29, 1.82) is 0 Å². The summed E-state index contributed by atoms with van der Waals surface area (Å²) in [6.07, 6.45) is 12.7. The van der Waals surface area contributed by atoms with Crippen LogP contribution in [0.15, 0.2) is 34.5 Å². The lowest BCUT2D eigenvalue weighted by atomic mass is 10.0. The Kier molecular flexibility index (Phi) is 23.5. The van der Waals surface area contributed by atoms with Crippen LogP contribution in [-0.4, -0.2) is 94.3 Å². The van der Waals surface area contributed by atoms with Crippen molar-refractivity contribution in [3.63, 3.8) is 0 Å². The van der Waals surface area contributed by atoms with Gasteiger partial charge in [-0.2, -0.15) is 13.2 Å². The third-order valence-corrected chi connectivity index (χ3v) is 10.5. The molecule has 1 aliphatic heterocycles. The Hall–Kier alpha value is -2.42. The molecular formula is C41H70F3N3O9P+. The van der Waals surface area contributed by atoms with Gasteiger partial charge in [0.05, 0.1) is 35.7 Å². The van der Waals surface area contributed by atoms with Gasteiger partial charge in [-0.05, 0) is 31.2 Å². The molecule has 3 atom stereocenters. The molecule has 0 aromatic heterocycles. The second-order valence-corrected chi connectivity index (χ2v) is 17.3. The van der Waals surface area contributed by atoms with Crippen LogP contribution in [-0.2, 0) is 49.5 Å². The SMILES string of the molecule is [3H]C(Cc1ccc(C2(C(F)(F)F)N=N2)cc1)OCCCCCCC(=O)OC(COC(=O)CCCCCCCCCCCCCCC)COP(=O)(O)OCC[N+](C)(C)C. The molecule has 0 spiro atoms. The first-order valence-electron chi connectivity index (χ1n) is 21.5. The van der Waals surface area contributed by atoms with Gasteiger partial charge in [0.25, 0.3) is 0 Å². The zero-order chi connectivity index (χ0) is 42.9. The van der Waals surface area contributed by atoms with Crippen LogP contribution >= 0.6 is 7.82 Å². The van der Waals surface area contributed by atoms with Crippen molar-refractivity contribution in [2.45, 2.75) is 153 Å². The molecule has 1 aromatic rings. The molecule has 3 unspecified atom stereocenters. The summed E-state index contributed by atoms with van der Waals surface area (Å²) in [7, 11) is 1.27. The number of hydrogen-bond donors (Lipinski definition) is 1. The number of unbranched alkanes of at least 4 members (excludes halogenated alkanes) is 15. The van der Waals surface area contributed by atoms with Gasteiger partial charge in [0.15, 0.2) is 6.10 Å². The van der Waals surface area contributed by atoms with E-state index >= 15 is 0 Å². The predicted molar refractivity (Wildman–Crippen MR) is 212 cm³/mol. The molecule has 0 saturated carbocycles. The molecule has 0 fully saturated rings. The minimum Gasteiger partial charge on any atom is -0.462 e. The summed E-state index contributed by atoms with van der Waals surface area (Å²) in [5.74, 6) is -1.01. The number of benzene rings is 1. The Morgan fingerprint density at radius 2 is 1.32 bits per heavy atom. The third-order valence-electron chi connectivity index (χ3n) is 9.53. The number of alkyl halides is 3. The van der Waals surface area contributed by atoms with Gasteiger partial charge in [-0.15, -0.1) is 10.2 Å². The number of quaternary nitrogens is 1. The van der Waals surface area contributed by atoms with E-state index in [0.717, 1.165) is 19.3 Å². The largest absolute Gasteiger partial charge is 0.472 e. The average molecular weight is 839 g/mol. The summed E-state index contributed by atoms with van der Waals surface area (Å²) in [5, 5.41) is 6.39. The number of esters is 2. The normalized spacial score (nSPS) is 16.1. The number of rotatable bonds is 35. The molecule has 0 amide bonds. The molecular weight excluding hydrogens is 766 g/mol. The maximum atomic E-state index is 13.2. The first-order valence-corrected chi connectivity index (χ1v) is 22.4. The molecule has 1 N–H and O–H groups in total. The molecule has 2 rings (SSSR count). The summed E-state index contributed by atoms with van der Waals surface area (Å²) >= 11 is 0. The van der Waals surface area contributed by atoms with Crippen LogP contribution in [0.1, 0.15) is 141 Å². The Morgan fingerprint density at radius 1 is 0.789 bits per heavy atom. The van der Waals surface area contributed by atoms with E-state index in [1.165, 1.54) is 82.1 Å². The molecule has 1 aromatic carbocycles. The summed E-state index contributed by atoms with van der Waals surface area (Å²) in [6, 6.07) is 5.67. The summed E-state index contributed by atoms with van der Waals surface area (Å²) < 4.78 is 87.4. The molecule has 0 aliphatic carbocycles. The van der Waals surface area contributed by atoms with Gasteiger partial charge in [0, 0.05) is 25.0 Å². The van der Waals surface area contributed by atoms with Gasteiger partial charge in [-0.1, -0.05) is 121 Å². The lowest BCUT2D eigenvalue weighted by Gasteiger charge is -2.24. The van der Waals surface area contributed by atoms with Gasteiger partial charge < -0.3 is 23.6 Å². The van der Waals surface area contributed by atoms with E-state index in [-0.39, 0.29) is 38.0 Å². The Balaban J connectivity index is 1.66. The fourth-order valence-corrected chi connectivity index (χ4v) is 6.65. The van der Waals surface area contributed by atoms with E-state index in [4.69, 9.17) is 24.6 Å². The van der Waals surface area contributed by atoms with Crippen LogP contribution in [0.3, 0.4) is 0 Å². The number of likely N-dealkylation sites (N-methyl/N-ethyl adjacent to an activating group) is 1. The highest BCUT2D eigenvalue weighted by molar-refractivity contribution is 7.47. The monoisotopic (exact) mass is 838 g/mol. The molecule has 0 bridgehead atoms. The smallest absolute Gasteiger partial charge is 0.462 e. The average Bonchev–Trinajstić information content (AvgIpc) is 3.97. The highest BCUT2D eigenvalue weighted by atomic mass is 31.2. The van der Waals surface area contributed by atoms with Crippen molar-refractivity contribution < 1.29 is 61.3 Å². The maximum absolute atomic E-state index is 13.2. The van der Waals surface area contributed by atoms with Crippen LogP contribution < -0.4 is 0 Å². The van der Waals surface area contributed by atoms with Crippen molar-refractivity contribution in [3.8, 4) is 0 Å². The molecule has 12 nitrogen and oxygen atoms in total. The number of halogens is 3. The van der Waals surface area contributed by atoms with E-state index in [1.807, 2.05) is 21.1 Å². The number of ether oxygens (including phenoxy) is 3. The summed E-state index contributed by atoms with van der Waals surface area (Å²) in [4.78, 5) is 35.3. The Labute approximate surface area is 340 Å². The van der Waals surface area contributed by atoms with Crippen molar-refractivity contribution in [2.24, 2.45) is 10.2 Å². The van der Waals surface area contributed by atoms with Crippen LogP contribution in [0.25, 0.3) is 0 Å². The molecule has 1 heterocycles. The van der Waals surface area contributed by atoms with Crippen molar-refractivity contribution in [1.82, 2.24) is 0 Å². The summed E-state index contributed by atoms with van der Waals surface area (Å²) in [6.45, 7) is 1.25. The highest BCUT2D eigenvalue weighted by Crippen LogP contribution is 2.52. The first kappa shape index (κ1) is 48.9. The topological polar surface area (TPSA) is 142 Å². The number of carbonyl (C=O) groups is 2. The summed E-state index contributed by atoms with van der Waals surface area (Å²) in [5.41, 5.74) is -1.88. The lowest BCUT2D eigenvalue weighted by Crippen LogP contribution is -2.37. The number of nitrogens with zero attached hydrogens (tertiary/aromatic N) is 3. The fourth-order valence-electron chi connectivity index (χ4n) is 5.91. The number of phosphoric acid groups is 1. The first-order chi connectivity index (χ1) is 27.5. The fraction of sp³-hybridized carbons (Fsp3) is 0.805. The van der Waals surface area contributed by atoms with Crippen LogP contribution in [0.2, 0.25) is 0 Å². The molecule has 328 valence electrons. The molecule has 1 aliphatic rings. The lowest BCUT2D eigenvalue weighted by molar-refractivity contribution is -0.870. The molecule has 16 heteroatoms. The highest BCUT2D eigenvalue weighted by Gasteiger charge is 2.65. The van der Waals surface area contributed by atoms with E-state index in [2.05, 4.69) is 17.2 Å². The minimum atomic E-state index is -4.59. The van der Waals surface area contributed by atoms with Crippen molar-refractivity contribution in [2.75, 3.05) is 60.7 Å². The van der Waals surface area contributed by atoms with E-state index in [1.54, 1.807) is 0 Å². The Morgan fingerprint density at radius 3 is 1.84 bits per heavy atom. The van der Waals surface area contributed by atoms with Gasteiger partial charge >= 0.3 is 31.6 Å². The van der Waals surface area contributed by atoms with Gasteiger partial charge in [-0.3, -0.25) is 18.6 Å². The second kappa shape index (κ2) is 27.4. The van der Waals surface area contributed by atoms with E-state index in [0.29, 0.717) is 55.3 Å². The van der Waals surface area contributed by atoms with Crippen LogP contribution in [0, 0.1) is 0 Å². The second-order valence-electron chi connectivity index (χ2n) is 15.9.